The number of aromatic amines is 1. The fourth-order valence-corrected chi connectivity index (χ4v) is 3.75. The lowest BCUT2D eigenvalue weighted by Crippen LogP contribution is -2.41. The van der Waals surface area contributed by atoms with Crippen molar-refractivity contribution in [3.05, 3.63) is 74.8 Å². The Balaban J connectivity index is 1.56. The number of hydrogen-bond acceptors (Lipinski definition) is 6. The zero-order valence-electron chi connectivity index (χ0n) is 15.3. The van der Waals surface area contributed by atoms with Gasteiger partial charge in [0.15, 0.2) is 0 Å². The maximum Gasteiger partial charge on any atom is 0.293 e. The van der Waals surface area contributed by atoms with Gasteiger partial charge in [0.1, 0.15) is 5.69 Å². The molecular formula is C20H21N5O3. The van der Waals surface area contributed by atoms with Crippen LogP contribution in [0.5, 0.6) is 0 Å². The third-order valence-corrected chi connectivity index (χ3v) is 5.07. The number of nitrogens with zero attached hydrogens (tertiary/aromatic N) is 3. The average Bonchev–Trinajstić information content (AvgIpc) is 2.69. The van der Waals surface area contributed by atoms with Gasteiger partial charge in [0, 0.05) is 25.2 Å². The molecular weight excluding hydrogens is 358 g/mol. The molecule has 0 radical (unpaired) electrons. The number of rotatable bonds is 5. The number of nitro groups is 1. The average molecular weight is 379 g/mol. The van der Waals surface area contributed by atoms with Crippen LogP contribution < -0.4 is 10.9 Å². The van der Waals surface area contributed by atoms with E-state index in [0.29, 0.717) is 11.2 Å². The van der Waals surface area contributed by atoms with E-state index in [-0.39, 0.29) is 22.7 Å². The zero-order chi connectivity index (χ0) is 19.5. The SMILES string of the molecule is O=c1[nH]cnc2cc(NC3CCCN(Cc4ccccc4)C3)c([N+](=O)[O-])cc12. The molecule has 2 aromatic carbocycles. The molecule has 0 saturated carbocycles. The molecule has 0 spiro atoms. The Morgan fingerprint density at radius 1 is 1.29 bits per heavy atom. The van der Waals surface area contributed by atoms with Crippen LogP contribution in [-0.4, -0.2) is 38.9 Å². The number of aromatic nitrogens is 2. The smallest absolute Gasteiger partial charge is 0.293 e. The molecule has 0 aliphatic carbocycles. The molecule has 8 nitrogen and oxygen atoms in total. The summed E-state index contributed by atoms with van der Waals surface area (Å²) in [5.74, 6) is 0. The highest BCUT2D eigenvalue weighted by Gasteiger charge is 2.24. The quantitative estimate of drug-likeness (QED) is 0.522. The Labute approximate surface area is 161 Å². The highest BCUT2D eigenvalue weighted by atomic mass is 16.6. The lowest BCUT2D eigenvalue weighted by Gasteiger charge is -2.33. The molecule has 1 aliphatic rings. The highest BCUT2D eigenvalue weighted by molar-refractivity contribution is 5.86. The lowest BCUT2D eigenvalue weighted by molar-refractivity contribution is -0.383. The summed E-state index contributed by atoms with van der Waals surface area (Å²) in [6.07, 6.45) is 3.26. The van der Waals surface area contributed by atoms with Gasteiger partial charge in [0.2, 0.25) is 0 Å². The first kappa shape index (κ1) is 18.1. The van der Waals surface area contributed by atoms with Gasteiger partial charge in [-0.2, -0.15) is 0 Å². The Hall–Kier alpha value is -3.26. The molecule has 0 bridgehead atoms. The fourth-order valence-electron chi connectivity index (χ4n) is 3.75. The second-order valence-corrected chi connectivity index (χ2v) is 7.08. The second-order valence-electron chi connectivity index (χ2n) is 7.08. The van der Waals surface area contributed by atoms with Crippen molar-refractivity contribution in [1.29, 1.82) is 0 Å². The molecule has 3 aromatic rings. The molecule has 1 saturated heterocycles. The van der Waals surface area contributed by atoms with Crippen molar-refractivity contribution in [2.45, 2.75) is 25.4 Å². The largest absolute Gasteiger partial charge is 0.375 e. The van der Waals surface area contributed by atoms with Crippen LogP contribution in [0.4, 0.5) is 11.4 Å². The van der Waals surface area contributed by atoms with Gasteiger partial charge in [-0.05, 0) is 31.0 Å². The number of likely N-dealkylation sites (tertiary alicyclic amines) is 1. The van der Waals surface area contributed by atoms with Crippen LogP contribution in [0.2, 0.25) is 0 Å². The summed E-state index contributed by atoms with van der Waals surface area (Å²) in [7, 11) is 0. The van der Waals surface area contributed by atoms with Crippen molar-refractivity contribution in [1.82, 2.24) is 14.9 Å². The van der Waals surface area contributed by atoms with Crippen LogP contribution in [0.15, 0.2) is 53.6 Å². The minimum absolute atomic E-state index is 0.0932. The lowest BCUT2D eigenvalue weighted by atomic mass is 10.0. The van der Waals surface area contributed by atoms with E-state index in [9.17, 15) is 14.9 Å². The molecule has 1 atom stereocenters. The van der Waals surface area contributed by atoms with Crippen molar-refractivity contribution >= 4 is 22.3 Å². The maximum atomic E-state index is 11.9. The fraction of sp³-hybridized carbons (Fsp3) is 0.300. The van der Waals surface area contributed by atoms with E-state index in [0.717, 1.165) is 32.5 Å². The van der Waals surface area contributed by atoms with Crippen molar-refractivity contribution in [2.24, 2.45) is 0 Å². The summed E-state index contributed by atoms with van der Waals surface area (Å²) in [5.41, 5.74) is 1.61. The standard InChI is InChI=1S/C20H21N5O3/c26-20-16-9-19(25(27)28)18(10-17(16)21-13-22-20)23-15-7-4-8-24(12-15)11-14-5-2-1-3-6-14/h1-3,5-6,9-10,13,15,23H,4,7-8,11-12H2,(H,21,22,26). The van der Waals surface area contributed by atoms with Gasteiger partial charge >= 0.3 is 0 Å². The highest BCUT2D eigenvalue weighted by Crippen LogP contribution is 2.29. The molecule has 1 fully saturated rings. The monoisotopic (exact) mass is 379 g/mol. The van der Waals surface area contributed by atoms with E-state index in [1.165, 1.54) is 18.0 Å². The third-order valence-electron chi connectivity index (χ3n) is 5.07. The van der Waals surface area contributed by atoms with E-state index >= 15 is 0 Å². The molecule has 1 aromatic heterocycles. The van der Waals surface area contributed by atoms with Crippen molar-refractivity contribution in [3.63, 3.8) is 0 Å². The summed E-state index contributed by atoms with van der Waals surface area (Å²) < 4.78 is 0. The summed E-state index contributed by atoms with van der Waals surface area (Å²) in [6, 6.07) is 13.3. The Morgan fingerprint density at radius 2 is 2.11 bits per heavy atom. The molecule has 1 aliphatic heterocycles. The van der Waals surface area contributed by atoms with Gasteiger partial charge in [-0.3, -0.25) is 19.8 Å². The van der Waals surface area contributed by atoms with Crippen LogP contribution >= 0.6 is 0 Å². The normalized spacial score (nSPS) is 17.5. The summed E-state index contributed by atoms with van der Waals surface area (Å²) in [6.45, 7) is 2.66. The van der Waals surface area contributed by atoms with Crippen LogP contribution in [0.3, 0.4) is 0 Å². The molecule has 1 unspecified atom stereocenters. The number of piperidine rings is 1. The van der Waals surface area contributed by atoms with E-state index in [1.807, 2.05) is 18.2 Å². The van der Waals surface area contributed by atoms with Gasteiger partial charge in [0.05, 0.1) is 22.2 Å². The van der Waals surface area contributed by atoms with E-state index in [4.69, 9.17) is 0 Å². The predicted octanol–water partition coefficient (Wildman–Crippen LogP) is 2.91. The number of hydrogen-bond donors (Lipinski definition) is 2. The summed E-state index contributed by atoms with van der Waals surface area (Å²) in [5, 5.41) is 15.1. The van der Waals surface area contributed by atoms with Crippen molar-refractivity contribution in [2.75, 3.05) is 18.4 Å². The second kappa shape index (κ2) is 7.77. The molecule has 4 rings (SSSR count). The Morgan fingerprint density at radius 3 is 2.89 bits per heavy atom. The van der Waals surface area contributed by atoms with Crippen LogP contribution in [0.25, 0.3) is 10.9 Å². The number of nitro benzene ring substituents is 1. The minimum Gasteiger partial charge on any atom is -0.375 e. The molecule has 8 heteroatoms. The van der Waals surface area contributed by atoms with Gasteiger partial charge in [-0.25, -0.2) is 4.98 Å². The van der Waals surface area contributed by atoms with E-state index in [1.54, 1.807) is 6.07 Å². The first-order valence-corrected chi connectivity index (χ1v) is 9.29. The third kappa shape index (κ3) is 3.86. The van der Waals surface area contributed by atoms with Crippen molar-refractivity contribution < 1.29 is 4.92 Å². The molecule has 2 heterocycles. The van der Waals surface area contributed by atoms with E-state index < -0.39 is 4.92 Å². The van der Waals surface area contributed by atoms with Crippen molar-refractivity contribution in [3.8, 4) is 0 Å². The molecule has 144 valence electrons. The Bertz CT molecular complexity index is 1050. The maximum absolute atomic E-state index is 11.9. The van der Waals surface area contributed by atoms with Crippen LogP contribution in [0.1, 0.15) is 18.4 Å². The topological polar surface area (TPSA) is 104 Å². The van der Waals surface area contributed by atoms with Gasteiger partial charge in [0.25, 0.3) is 11.2 Å². The molecule has 2 N–H and O–H groups in total. The van der Waals surface area contributed by atoms with Gasteiger partial charge in [-0.1, -0.05) is 30.3 Å². The van der Waals surface area contributed by atoms with Gasteiger partial charge in [-0.15, -0.1) is 0 Å². The number of nitrogens with one attached hydrogen (secondary N) is 2. The first-order valence-electron chi connectivity index (χ1n) is 9.29. The summed E-state index contributed by atoms with van der Waals surface area (Å²) in [4.78, 5) is 32.0. The molecule has 0 amide bonds. The molecule has 28 heavy (non-hydrogen) atoms. The van der Waals surface area contributed by atoms with Crippen LogP contribution in [0, 0.1) is 10.1 Å². The number of H-pyrrole nitrogens is 1. The van der Waals surface area contributed by atoms with E-state index in [2.05, 4.69) is 32.3 Å². The number of fused-ring (bicyclic) bond motifs is 1. The minimum atomic E-state index is -0.460. The Kier molecular flexibility index (Phi) is 5.03. The zero-order valence-corrected chi connectivity index (χ0v) is 15.3. The first-order chi connectivity index (χ1) is 13.6. The van der Waals surface area contributed by atoms with Crippen LogP contribution in [-0.2, 0) is 6.54 Å². The summed E-state index contributed by atoms with van der Waals surface area (Å²) >= 11 is 0. The predicted molar refractivity (Wildman–Crippen MR) is 107 cm³/mol. The van der Waals surface area contributed by atoms with Gasteiger partial charge < -0.3 is 10.3 Å². The number of benzene rings is 2. The number of anilines is 1.